The fraction of sp³-hybridized carbons (Fsp3) is 0.333. The van der Waals surface area contributed by atoms with Gasteiger partial charge in [0, 0.05) is 0 Å². The topological polar surface area (TPSA) is 0 Å². The molecule has 0 aromatic heterocycles. The molecule has 0 aliphatic heterocycles. The zero-order valence-corrected chi connectivity index (χ0v) is 8.09. The van der Waals surface area contributed by atoms with E-state index >= 15 is 0 Å². The van der Waals surface area contributed by atoms with E-state index in [1.54, 1.807) is 0 Å². The van der Waals surface area contributed by atoms with Gasteiger partial charge in [0.05, 0.1) is 0 Å². The molecule has 1 aromatic carbocycles. The predicted molar refractivity (Wildman–Crippen MR) is 55.3 cm³/mol. The van der Waals surface area contributed by atoms with Gasteiger partial charge in [0.2, 0.25) is 0 Å². The minimum Gasteiger partial charge on any atom is -0.0871 e. The summed E-state index contributed by atoms with van der Waals surface area (Å²) in [6.45, 7) is 6.44. The maximum absolute atomic E-state index is 2.20. The third-order valence-corrected chi connectivity index (χ3v) is 2.22. The van der Waals surface area contributed by atoms with Crippen LogP contribution in [0.2, 0.25) is 0 Å². The lowest BCUT2D eigenvalue weighted by molar-refractivity contribution is 1.11. The second kappa shape index (κ2) is 4.10. The van der Waals surface area contributed by atoms with Crippen molar-refractivity contribution in [2.75, 3.05) is 0 Å². The molecule has 0 nitrogen and oxygen atoms in total. The molecule has 0 saturated carbocycles. The van der Waals surface area contributed by atoms with Gasteiger partial charge in [-0.2, -0.15) is 0 Å². The molecule has 0 unspecified atom stereocenters. The molecule has 0 bridgehead atoms. The molecule has 0 aliphatic rings. The zero-order valence-electron chi connectivity index (χ0n) is 8.09. The molecule has 0 atom stereocenters. The van der Waals surface area contributed by atoms with E-state index < -0.39 is 0 Å². The Morgan fingerprint density at radius 1 is 1.33 bits per heavy atom. The number of aryl methyl sites for hydroxylation is 1. The first-order valence-corrected chi connectivity index (χ1v) is 4.50. The molecule has 1 aromatic rings. The van der Waals surface area contributed by atoms with E-state index in [9.17, 15) is 0 Å². The number of rotatable bonds is 2. The van der Waals surface area contributed by atoms with Gasteiger partial charge in [0.15, 0.2) is 0 Å². The van der Waals surface area contributed by atoms with Crippen LogP contribution in [0.25, 0.3) is 6.08 Å². The van der Waals surface area contributed by atoms with Crippen LogP contribution in [0.5, 0.6) is 0 Å². The molecule has 0 saturated heterocycles. The molecule has 0 heterocycles. The SMILES string of the molecule is C/C=C/c1cccc(CC)c1C. The van der Waals surface area contributed by atoms with Crippen molar-refractivity contribution in [3.8, 4) is 0 Å². The Balaban J connectivity index is 3.13. The predicted octanol–water partition coefficient (Wildman–Crippen LogP) is 3.59. The lowest BCUT2D eigenvalue weighted by Crippen LogP contribution is -1.88. The van der Waals surface area contributed by atoms with Crippen LogP contribution in [0.3, 0.4) is 0 Å². The Kier molecular flexibility index (Phi) is 3.09. The lowest BCUT2D eigenvalue weighted by Gasteiger charge is -2.05. The number of hydrogen-bond donors (Lipinski definition) is 0. The van der Waals surface area contributed by atoms with Crippen LogP contribution in [-0.2, 0) is 6.42 Å². The van der Waals surface area contributed by atoms with Crippen molar-refractivity contribution in [1.82, 2.24) is 0 Å². The van der Waals surface area contributed by atoms with Crippen LogP contribution in [0.4, 0.5) is 0 Å². The Hall–Kier alpha value is -1.04. The van der Waals surface area contributed by atoms with Gasteiger partial charge in [0.25, 0.3) is 0 Å². The maximum atomic E-state index is 2.20. The second-order valence-corrected chi connectivity index (χ2v) is 2.98. The van der Waals surface area contributed by atoms with Crippen LogP contribution in [0.1, 0.15) is 30.5 Å². The van der Waals surface area contributed by atoms with E-state index in [1.165, 1.54) is 16.7 Å². The van der Waals surface area contributed by atoms with Crippen molar-refractivity contribution >= 4 is 6.08 Å². The van der Waals surface area contributed by atoms with Crippen LogP contribution in [-0.4, -0.2) is 0 Å². The third-order valence-electron chi connectivity index (χ3n) is 2.22. The lowest BCUT2D eigenvalue weighted by atomic mass is 10.0. The fourth-order valence-electron chi connectivity index (χ4n) is 1.45. The highest BCUT2D eigenvalue weighted by atomic mass is 14.0. The van der Waals surface area contributed by atoms with Crippen molar-refractivity contribution in [3.63, 3.8) is 0 Å². The van der Waals surface area contributed by atoms with Crippen LogP contribution in [0, 0.1) is 6.92 Å². The van der Waals surface area contributed by atoms with Gasteiger partial charge in [-0.3, -0.25) is 0 Å². The van der Waals surface area contributed by atoms with Gasteiger partial charge in [-0.1, -0.05) is 37.3 Å². The number of hydrogen-bond acceptors (Lipinski definition) is 0. The van der Waals surface area contributed by atoms with Gasteiger partial charge >= 0.3 is 0 Å². The summed E-state index contributed by atoms with van der Waals surface area (Å²) in [5.74, 6) is 0. The molecule has 0 amide bonds. The average Bonchev–Trinajstić information content (AvgIpc) is 2.09. The number of benzene rings is 1. The molecule has 64 valence electrons. The van der Waals surface area contributed by atoms with E-state index in [4.69, 9.17) is 0 Å². The summed E-state index contributed by atoms with van der Waals surface area (Å²) < 4.78 is 0. The van der Waals surface area contributed by atoms with Crippen molar-refractivity contribution in [2.24, 2.45) is 0 Å². The van der Waals surface area contributed by atoms with Crippen LogP contribution >= 0.6 is 0 Å². The van der Waals surface area contributed by atoms with E-state index in [-0.39, 0.29) is 0 Å². The first-order valence-electron chi connectivity index (χ1n) is 4.50. The first-order chi connectivity index (χ1) is 5.79. The highest BCUT2D eigenvalue weighted by Crippen LogP contribution is 2.15. The van der Waals surface area contributed by atoms with E-state index in [1.807, 2.05) is 0 Å². The van der Waals surface area contributed by atoms with E-state index in [0.717, 1.165) is 6.42 Å². The van der Waals surface area contributed by atoms with Gasteiger partial charge in [-0.15, -0.1) is 0 Å². The standard InChI is InChI=1S/C12H16/c1-4-7-12-9-6-8-11(5-2)10(12)3/h4,6-9H,5H2,1-3H3/b7-4+. The molecule has 0 spiro atoms. The highest BCUT2D eigenvalue weighted by molar-refractivity contribution is 5.55. The normalized spacial score (nSPS) is 10.9. The Morgan fingerprint density at radius 3 is 2.67 bits per heavy atom. The fourth-order valence-corrected chi connectivity index (χ4v) is 1.45. The molecule has 12 heavy (non-hydrogen) atoms. The van der Waals surface area contributed by atoms with Crippen molar-refractivity contribution < 1.29 is 0 Å². The van der Waals surface area contributed by atoms with Gasteiger partial charge in [-0.25, -0.2) is 0 Å². The summed E-state index contributed by atoms with van der Waals surface area (Å²) in [6.07, 6.45) is 5.37. The Labute approximate surface area is 74.9 Å². The molecular weight excluding hydrogens is 144 g/mol. The van der Waals surface area contributed by atoms with Crippen LogP contribution < -0.4 is 0 Å². The van der Waals surface area contributed by atoms with Crippen molar-refractivity contribution in [3.05, 3.63) is 41.0 Å². The summed E-state index contributed by atoms with van der Waals surface area (Å²) in [5, 5.41) is 0. The molecule has 1 rings (SSSR count). The zero-order chi connectivity index (χ0) is 8.97. The summed E-state index contributed by atoms with van der Waals surface area (Å²) in [5.41, 5.74) is 4.21. The quantitative estimate of drug-likeness (QED) is 0.620. The maximum Gasteiger partial charge on any atom is -0.0228 e. The van der Waals surface area contributed by atoms with Crippen molar-refractivity contribution in [2.45, 2.75) is 27.2 Å². The number of allylic oxidation sites excluding steroid dienone is 1. The van der Waals surface area contributed by atoms with Gasteiger partial charge < -0.3 is 0 Å². The minimum absolute atomic E-state index is 1.12. The van der Waals surface area contributed by atoms with Gasteiger partial charge in [-0.05, 0) is 37.0 Å². The highest BCUT2D eigenvalue weighted by Gasteiger charge is 1.97. The Morgan fingerprint density at radius 2 is 2.08 bits per heavy atom. The molecular formula is C12H16. The molecule has 0 heteroatoms. The van der Waals surface area contributed by atoms with Crippen LogP contribution in [0.15, 0.2) is 24.3 Å². The van der Waals surface area contributed by atoms with Gasteiger partial charge in [0.1, 0.15) is 0 Å². The molecule has 0 N–H and O–H groups in total. The third kappa shape index (κ3) is 1.76. The van der Waals surface area contributed by atoms with E-state index in [0.29, 0.717) is 0 Å². The molecule has 0 aliphatic carbocycles. The van der Waals surface area contributed by atoms with Crippen molar-refractivity contribution in [1.29, 1.82) is 0 Å². The van der Waals surface area contributed by atoms with E-state index in [2.05, 4.69) is 51.1 Å². The summed E-state index contributed by atoms with van der Waals surface area (Å²) in [6, 6.07) is 6.48. The summed E-state index contributed by atoms with van der Waals surface area (Å²) >= 11 is 0. The first kappa shape index (κ1) is 9.05. The second-order valence-electron chi connectivity index (χ2n) is 2.98. The summed E-state index contributed by atoms with van der Waals surface area (Å²) in [4.78, 5) is 0. The average molecular weight is 160 g/mol. The smallest absolute Gasteiger partial charge is 0.0228 e. The largest absolute Gasteiger partial charge is 0.0871 e. The molecule has 0 radical (unpaired) electrons. The molecule has 0 fully saturated rings. The Bertz CT molecular complexity index is 282. The summed E-state index contributed by atoms with van der Waals surface area (Å²) in [7, 11) is 0. The minimum atomic E-state index is 1.12. The monoisotopic (exact) mass is 160 g/mol.